The molecule has 1 aromatic rings. The van der Waals surface area contributed by atoms with Crippen molar-refractivity contribution >= 4 is 23.2 Å². The number of carbonyl (C=O) groups is 3. The zero-order chi connectivity index (χ0) is 24.2. The van der Waals surface area contributed by atoms with Gasteiger partial charge in [0.2, 0.25) is 5.78 Å². The van der Waals surface area contributed by atoms with Crippen molar-refractivity contribution in [1.29, 1.82) is 0 Å². The number of fused-ring (bicyclic) bond motifs is 3. The van der Waals surface area contributed by atoms with Gasteiger partial charge in [-0.25, -0.2) is 0 Å². The monoisotopic (exact) mass is 456 g/mol. The number of rotatable bonds is 3. The summed E-state index contributed by atoms with van der Waals surface area (Å²) in [4.78, 5) is 40.8. The van der Waals surface area contributed by atoms with Crippen LogP contribution in [0.25, 0.3) is 0 Å². The molecule has 174 valence electrons. The van der Waals surface area contributed by atoms with Crippen molar-refractivity contribution in [3.8, 4) is 5.75 Å². The molecule has 11 heteroatoms. The minimum absolute atomic E-state index is 0.0996. The third-order valence-corrected chi connectivity index (χ3v) is 6.72. The van der Waals surface area contributed by atoms with Gasteiger partial charge in [0.1, 0.15) is 22.8 Å². The first kappa shape index (κ1) is 22.5. The minimum Gasteiger partial charge on any atom is -0.511 e. The Morgan fingerprint density at radius 3 is 2.55 bits per heavy atom. The second kappa shape index (κ2) is 7.69. The van der Waals surface area contributed by atoms with Gasteiger partial charge in [-0.3, -0.25) is 14.4 Å². The molecule has 0 aromatic heterocycles. The van der Waals surface area contributed by atoms with Crippen LogP contribution in [-0.4, -0.2) is 59.6 Å². The SMILES string of the molecule is COc1ccc(N(C)C)c2c1C(=O)C1=C(O)[C@]3(O)C(=O)C(C(=O)N=NN)=C(O)C[C@@H]3C[C@@H]1C2. The second-order valence-electron chi connectivity index (χ2n) is 8.60. The number of aliphatic hydroxyl groups excluding tert-OH is 2. The van der Waals surface area contributed by atoms with E-state index in [1.54, 1.807) is 6.07 Å². The molecule has 0 bridgehead atoms. The molecule has 5 N–H and O–H groups in total. The van der Waals surface area contributed by atoms with Crippen LogP contribution in [0.3, 0.4) is 0 Å². The normalized spacial score (nSPS) is 26.8. The molecule has 0 heterocycles. The van der Waals surface area contributed by atoms with Gasteiger partial charge in [0.05, 0.1) is 12.7 Å². The number of hydrogen-bond donors (Lipinski definition) is 4. The van der Waals surface area contributed by atoms with Crippen LogP contribution < -0.4 is 15.5 Å². The number of carbonyl (C=O) groups excluding carboxylic acids is 3. The molecular weight excluding hydrogens is 432 g/mol. The first-order valence-electron chi connectivity index (χ1n) is 10.3. The number of nitrogens with two attached hydrogens (primary N) is 1. The molecule has 11 nitrogen and oxygen atoms in total. The Hall–Kier alpha value is -3.73. The summed E-state index contributed by atoms with van der Waals surface area (Å²) in [5.74, 6) is -0.723. The number of ketones is 2. The lowest BCUT2D eigenvalue weighted by Gasteiger charge is -2.45. The van der Waals surface area contributed by atoms with E-state index in [1.165, 1.54) is 7.11 Å². The first-order chi connectivity index (χ1) is 15.6. The lowest BCUT2D eigenvalue weighted by Crippen LogP contribution is -2.56. The van der Waals surface area contributed by atoms with Gasteiger partial charge in [0.25, 0.3) is 0 Å². The van der Waals surface area contributed by atoms with Crippen molar-refractivity contribution < 1.29 is 34.4 Å². The molecule has 0 aliphatic heterocycles. The third-order valence-electron chi connectivity index (χ3n) is 6.72. The first-order valence-corrected chi connectivity index (χ1v) is 10.3. The highest BCUT2D eigenvalue weighted by molar-refractivity contribution is 6.25. The number of Topliss-reactive ketones (excluding diaryl/α,β-unsaturated/α-hetero) is 2. The van der Waals surface area contributed by atoms with E-state index >= 15 is 0 Å². The maximum Gasteiger partial charge on any atom is 0.304 e. The molecular formula is C22H24N4O7. The fraction of sp³-hybridized carbons (Fsp3) is 0.409. The highest BCUT2D eigenvalue weighted by atomic mass is 16.5. The van der Waals surface area contributed by atoms with Gasteiger partial charge >= 0.3 is 5.91 Å². The Labute approximate surface area is 188 Å². The number of amides is 1. The van der Waals surface area contributed by atoms with E-state index in [0.29, 0.717) is 12.2 Å². The summed E-state index contributed by atoms with van der Waals surface area (Å²) in [6.45, 7) is 0. The van der Waals surface area contributed by atoms with Gasteiger partial charge in [0, 0.05) is 37.7 Å². The number of anilines is 1. The summed E-state index contributed by atoms with van der Waals surface area (Å²) in [6, 6.07) is 3.48. The summed E-state index contributed by atoms with van der Waals surface area (Å²) >= 11 is 0. The number of allylic oxidation sites excluding steroid dienone is 2. The number of benzene rings is 1. The molecule has 3 aliphatic carbocycles. The predicted molar refractivity (Wildman–Crippen MR) is 115 cm³/mol. The fourth-order valence-corrected chi connectivity index (χ4v) is 5.25. The van der Waals surface area contributed by atoms with Crippen LogP contribution in [0.5, 0.6) is 5.75 Å². The molecule has 3 aliphatic rings. The van der Waals surface area contributed by atoms with E-state index in [0.717, 1.165) is 11.3 Å². The van der Waals surface area contributed by atoms with Gasteiger partial charge in [-0.15, -0.1) is 0 Å². The highest BCUT2D eigenvalue weighted by Crippen LogP contribution is 2.52. The molecule has 1 amide bonds. The minimum atomic E-state index is -2.56. The van der Waals surface area contributed by atoms with Crippen LogP contribution in [-0.2, 0) is 16.0 Å². The summed E-state index contributed by atoms with van der Waals surface area (Å²) in [6.07, 6.45) is 0.210. The molecule has 0 saturated carbocycles. The topological polar surface area (TPSA) is 175 Å². The van der Waals surface area contributed by atoms with E-state index in [-0.39, 0.29) is 24.0 Å². The molecule has 0 spiro atoms. The summed E-state index contributed by atoms with van der Waals surface area (Å²) in [5, 5.41) is 38.7. The van der Waals surface area contributed by atoms with Crippen LogP contribution in [0.1, 0.15) is 28.8 Å². The smallest absolute Gasteiger partial charge is 0.304 e. The predicted octanol–water partition coefficient (Wildman–Crippen LogP) is 1.32. The van der Waals surface area contributed by atoms with Crippen molar-refractivity contribution in [2.75, 3.05) is 26.1 Å². The fourth-order valence-electron chi connectivity index (χ4n) is 5.25. The van der Waals surface area contributed by atoms with Crippen LogP contribution in [0.15, 0.2) is 45.1 Å². The Bertz CT molecular complexity index is 1180. The molecule has 0 saturated heterocycles. The molecule has 3 atom stereocenters. The average Bonchev–Trinajstić information content (AvgIpc) is 2.75. The van der Waals surface area contributed by atoms with Crippen LogP contribution in [0.2, 0.25) is 0 Å². The number of aliphatic hydroxyl groups is 3. The largest absolute Gasteiger partial charge is 0.511 e. The quantitative estimate of drug-likeness (QED) is 0.226. The average molecular weight is 456 g/mol. The van der Waals surface area contributed by atoms with Gasteiger partial charge in [-0.1, -0.05) is 10.3 Å². The van der Waals surface area contributed by atoms with Crippen molar-refractivity contribution in [2.24, 2.45) is 28.0 Å². The number of hydrogen-bond acceptors (Lipinski definition) is 9. The Kier molecular flexibility index (Phi) is 5.24. The van der Waals surface area contributed by atoms with E-state index < -0.39 is 52.0 Å². The lowest BCUT2D eigenvalue weighted by atomic mass is 9.60. The third kappa shape index (κ3) is 3.03. The lowest BCUT2D eigenvalue weighted by molar-refractivity contribution is -0.144. The molecule has 1 aromatic carbocycles. The Morgan fingerprint density at radius 1 is 1.24 bits per heavy atom. The molecule has 0 fully saturated rings. The van der Waals surface area contributed by atoms with Crippen LogP contribution >= 0.6 is 0 Å². The molecule has 0 unspecified atom stereocenters. The highest BCUT2D eigenvalue weighted by Gasteiger charge is 2.60. The maximum atomic E-state index is 13.6. The number of nitrogens with zero attached hydrogens (tertiary/aromatic N) is 3. The van der Waals surface area contributed by atoms with Gasteiger partial charge in [0.15, 0.2) is 11.4 Å². The molecule has 4 rings (SSSR count). The van der Waals surface area contributed by atoms with Gasteiger partial charge in [-0.2, -0.15) is 0 Å². The number of ether oxygens (including phenoxy) is 1. The number of methoxy groups -OCH3 is 1. The van der Waals surface area contributed by atoms with Gasteiger partial charge in [-0.05, 0) is 36.5 Å². The van der Waals surface area contributed by atoms with E-state index in [2.05, 4.69) is 10.3 Å². The summed E-state index contributed by atoms with van der Waals surface area (Å²) < 4.78 is 5.38. The summed E-state index contributed by atoms with van der Waals surface area (Å²) in [5.41, 5.74) is -1.69. The zero-order valence-electron chi connectivity index (χ0n) is 18.3. The standard InChI is InChI=1S/C22H24N4O7/c1-26(2)12-4-5-14(33-3)16-11(12)7-9-6-10-8-13(27)17(21(31)24-25-23)20(30)22(10,32)19(29)15(9)18(16)28/h4-5,9-10,27,29,32H,6-8H2,1-3H3,(H2,23,24,31)/t9-,10+,22+/m1/s1. The second-order valence-corrected chi connectivity index (χ2v) is 8.60. The van der Waals surface area contributed by atoms with E-state index in [4.69, 9.17) is 10.6 Å². The zero-order valence-corrected chi connectivity index (χ0v) is 18.3. The molecule has 33 heavy (non-hydrogen) atoms. The Balaban J connectivity index is 1.90. The Morgan fingerprint density at radius 2 is 1.94 bits per heavy atom. The molecule has 0 radical (unpaired) electrons. The van der Waals surface area contributed by atoms with Crippen molar-refractivity contribution in [3.63, 3.8) is 0 Å². The van der Waals surface area contributed by atoms with Crippen molar-refractivity contribution in [2.45, 2.75) is 24.9 Å². The van der Waals surface area contributed by atoms with Crippen LogP contribution in [0.4, 0.5) is 5.69 Å². The van der Waals surface area contributed by atoms with Crippen LogP contribution in [0, 0.1) is 11.8 Å². The van der Waals surface area contributed by atoms with Crippen molar-refractivity contribution in [1.82, 2.24) is 0 Å². The summed E-state index contributed by atoms with van der Waals surface area (Å²) in [7, 11) is 5.11. The maximum absolute atomic E-state index is 13.6. The van der Waals surface area contributed by atoms with E-state index in [1.807, 2.05) is 25.1 Å². The van der Waals surface area contributed by atoms with E-state index in [9.17, 15) is 29.7 Å². The van der Waals surface area contributed by atoms with Crippen molar-refractivity contribution in [3.05, 3.63) is 45.9 Å². The van der Waals surface area contributed by atoms with Gasteiger partial charge < -0.3 is 30.8 Å².